The number of benzene rings is 1. The average Bonchev–Trinajstić information content (AvgIpc) is 2.86. The van der Waals surface area contributed by atoms with E-state index in [-0.39, 0.29) is 41.4 Å². The number of carbonyl (C=O) groups is 2. The number of aliphatic carboxylic acids is 1. The normalized spacial score (nSPS) is 19.9. The molecule has 2 aliphatic rings. The number of anilines is 3. The Balaban J connectivity index is 1.81. The molecule has 12 heteroatoms. The van der Waals surface area contributed by atoms with Gasteiger partial charge in [0, 0.05) is 30.9 Å². The van der Waals surface area contributed by atoms with Crippen LogP contribution in [-0.2, 0) is 11.3 Å². The molecule has 2 N–H and O–H groups in total. The first-order valence-corrected chi connectivity index (χ1v) is 11.7. The van der Waals surface area contributed by atoms with Gasteiger partial charge in [0.1, 0.15) is 22.3 Å². The van der Waals surface area contributed by atoms with Crippen molar-refractivity contribution in [1.82, 2.24) is 9.97 Å². The molecule has 1 fully saturated rings. The molecule has 1 aromatic heterocycles. The maximum Gasteiger partial charge on any atom is 0.330 e. The quantitative estimate of drug-likeness (QED) is 0.569. The first kappa shape index (κ1) is 24.8. The maximum atomic E-state index is 15.5. The number of aromatic nitrogens is 2. The minimum atomic E-state index is -0.844. The lowest BCUT2D eigenvalue weighted by atomic mass is 9.85. The molecule has 1 aliphatic carbocycles. The number of hydrogen-bond acceptors (Lipinski definition) is 7. The van der Waals surface area contributed by atoms with Gasteiger partial charge in [0.2, 0.25) is 5.95 Å². The number of nitrogens with one attached hydrogen (secondary N) is 1. The summed E-state index contributed by atoms with van der Waals surface area (Å²) in [4.78, 5) is 36.9. The summed E-state index contributed by atoms with van der Waals surface area (Å²) in [5.41, 5.74) is 0.437. The molecular formula is C23H27ClFN5O5. The number of carboxylic acid groups (broad SMARTS) is 1. The number of urea groups is 1. The molecule has 2 amide bonds. The Kier molecular flexibility index (Phi) is 7.15. The SMILES string of the molecule is CCOc1cc(OC)c(F)c(N2Cc3cnc(NC)nc3N(C3CCC(C(=O)O)CC3)C2=O)c1Cl. The zero-order valence-corrected chi connectivity index (χ0v) is 20.4. The van der Waals surface area contributed by atoms with E-state index >= 15 is 4.39 Å². The van der Waals surface area contributed by atoms with Gasteiger partial charge in [-0.25, -0.2) is 14.2 Å². The van der Waals surface area contributed by atoms with E-state index in [4.69, 9.17) is 21.1 Å². The second-order valence-electron chi connectivity index (χ2n) is 8.36. The molecule has 0 bridgehead atoms. The molecule has 2 aromatic rings. The molecule has 0 atom stereocenters. The Morgan fingerprint density at radius 3 is 2.63 bits per heavy atom. The summed E-state index contributed by atoms with van der Waals surface area (Å²) >= 11 is 6.54. The summed E-state index contributed by atoms with van der Waals surface area (Å²) in [7, 11) is 2.99. The molecule has 35 heavy (non-hydrogen) atoms. The molecule has 0 saturated heterocycles. The number of carbonyl (C=O) groups excluding carboxylic acids is 1. The van der Waals surface area contributed by atoms with Gasteiger partial charge < -0.3 is 19.9 Å². The molecular weight excluding hydrogens is 481 g/mol. The highest BCUT2D eigenvalue weighted by Gasteiger charge is 2.42. The van der Waals surface area contributed by atoms with Crippen molar-refractivity contribution in [3.63, 3.8) is 0 Å². The van der Waals surface area contributed by atoms with Gasteiger partial charge in [-0.15, -0.1) is 0 Å². The third-order valence-electron chi connectivity index (χ3n) is 6.37. The van der Waals surface area contributed by atoms with Crippen molar-refractivity contribution in [3.8, 4) is 11.5 Å². The molecule has 4 rings (SSSR count). The van der Waals surface area contributed by atoms with Crippen molar-refractivity contribution in [2.45, 2.75) is 45.2 Å². The van der Waals surface area contributed by atoms with E-state index in [9.17, 15) is 14.7 Å². The minimum absolute atomic E-state index is 0.0193. The Bertz CT molecular complexity index is 1140. The highest BCUT2D eigenvalue weighted by atomic mass is 35.5. The number of methoxy groups -OCH3 is 1. The topological polar surface area (TPSA) is 117 Å². The second kappa shape index (κ2) is 10.1. The number of ether oxygens (including phenoxy) is 2. The molecule has 0 radical (unpaired) electrons. The predicted octanol–water partition coefficient (Wildman–Crippen LogP) is 4.31. The Morgan fingerprint density at radius 2 is 2.03 bits per heavy atom. The van der Waals surface area contributed by atoms with Gasteiger partial charge in [0.25, 0.3) is 0 Å². The van der Waals surface area contributed by atoms with E-state index < -0.39 is 23.7 Å². The fourth-order valence-electron chi connectivity index (χ4n) is 4.60. The number of halogens is 2. The lowest BCUT2D eigenvalue weighted by molar-refractivity contribution is -0.142. The molecule has 1 aliphatic heterocycles. The Labute approximate surface area is 207 Å². The molecule has 0 unspecified atom stereocenters. The van der Waals surface area contributed by atoms with Gasteiger partial charge in [-0.2, -0.15) is 4.98 Å². The largest absolute Gasteiger partial charge is 0.493 e. The fourth-order valence-corrected chi connectivity index (χ4v) is 4.90. The molecule has 2 heterocycles. The first-order valence-electron chi connectivity index (χ1n) is 11.4. The number of carboxylic acids is 1. The third-order valence-corrected chi connectivity index (χ3v) is 6.74. The van der Waals surface area contributed by atoms with Crippen LogP contribution in [0.25, 0.3) is 0 Å². The van der Waals surface area contributed by atoms with Gasteiger partial charge in [-0.1, -0.05) is 11.6 Å². The molecule has 1 aromatic carbocycles. The van der Waals surface area contributed by atoms with Crippen molar-refractivity contribution in [1.29, 1.82) is 0 Å². The number of rotatable bonds is 7. The van der Waals surface area contributed by atoms with Crippen molar-refractivity contribution >= 4 is 41.1 Å². The van der Waals surface area contributed by atoms with Crippen LogP contribution in [0.15, 0.2) is 12.3 Å². The van der Waals surface area contributed by atoms with E-state index in [1.807, 2.05) is 0 Å². The van der Waals surface area contributed by atoms with Crippen LogP contribution in [-0.4, -0.2) is 53.9 Å². The first-order chi connectivity index (χ1) is 16.8. The van der Waals surface area contributed by atoms with Crippen LogP contribution in [0.4, 0.5) is 26.6 Å². The lowest BCUT2D eigenvalue weighted by Crippen LogP contribution is -2.53. The standard InChI is InChI=1S/C23H27ClFN5O5/c1-4-35-15-9-16(34-3)18(25)19(17(15)24)29-11-13-10-27-22(26-2)28-20(13)30(23(29)33)14-7-5-12(6-8-14)21(31)32/h9-10,12,14H,4-8,11H2,1-3H3,(H,31,32)(H,26,27,28). The van der Waals surface area contributed by atoms with Crippen LogP contribution in [0.3, 0.4) is 0 Å². The monoisotopic (exact) mass is 507 g/mol. The van der Waals surface area contributed by atoms with Crippen molar-refractivity contribution in [2.75, 3.05) is 35.9 Å². The van der Waals surface area contributed by atoms with Gasteiger partial charge in [-0.3, -0.25) is 14.6 Å². The van der Waals surface area contributed by atoms with Gasteiger partial charge in [0.05, 0.1) is 26.2 Å². The maximum absolute atomic E-state index is 15.5. The van der Waals surface area contributed by atoms with Crippen LogP contribution in [0, 0.1) is 11.7 Å². The van der Waals surface area contributed by atoms with Crippen LogP contribution in [0.2, 0.25) is 5.02 Å². The Morgan fingerprint density at radius 1 is 1.31 bits per heavy atom. The van der Waals surface area contributed by atoms with Gasteiger partial charge in [-0.05, 0) is 32.6 Å². The number of hydrogen-bond donors (Lipinski definition) is 2. The molecule has 10 nitrogen and oxygen atoms in total. The fraction of sp³-hybridized carbons (Fsp3) is 0.478. The van der Waals surface area contributed by atoms with Crippen molar-refractivity contribution < 1.29 is 28.6 Å². The highest BCUT2D eigenvalue weighted by Crippen LogP contribution is 2.45. The summed E-state index contributed by atoms with van der Waals surface area (Å²) in [6.45, 7) is 2.03. The van der Waals surface area contributed by atoms with Crippen LogP contribution in [0.5, 0.6) is 11.5 Å². The number of amides is 2. The number of fused-ring (bicyclic) bond motifs is 1. The zero-order valence-electron chi connectivity index (χ0n) is 19.7. The van der Waals surface area contributed by atoms with Crippen LogP contribution >= 0.6 is 11.6 Å². The molecule has 188 valence electrons. The lowest BCUT2D eigenvalue weighted by Gasteiger charge is -2.42. The predicted molar refractivity (Wildman–Crippen MR) is 128 cm³/mol. The van der Waals surface area contributed by atoms with E-state index in [0.29, 0.717) is 43.0 Å². The van der Waals surface area contributed by atoms with Gasteiger partial charge in [0.15, 0.2) is 11.6 Å². The van der Waals surface area contributed by atoms with Crippen molar-refractivity contribution in [2.24, 2.45) is 5.92 Å². The zero-order chi connectivity index (χ0) is 25.3. The van der Waals surface area contributed by atoms with E-state index in [1.54, 1.807) is 20.2 Å². The number of nitrogens with zero attached hydrogens (tertiary/aromatic N) is 4. The van der Waals surface area contributed by atoms with Crippen LogP contribution < -0.4 is 24.6 Å². The summed E-state index contributed by atoms with van der Waals surface area (Å²) in [6.07, 6.45) is 3.36. The highest BCUT2D eigenvalue weighted by molar-refractivity contribution is 6.35. The minimum Gasteiger partial charge on any atom is -0.493 e. The average molecular weight is 508 g/mol. The molecule has 0 spiro atoms. The smallest absolute Gasteiger partial charge is 0.330 e. The molecule has 1 saturated carbocycles. The summed E-state index contributed by atoms with van der Waals surface area (Å²) in [5.74, 6) is -1.27. The van der Waals surface area contributed by atoms with Crippen molar-refractivity contribution in [3.05, 3.63) is 28.7 Å². The van der Waals surface area contributed by atoms with Gasteiger partial charge >= 0.3 is 12.0 Å². The van der Waals surface area contributed by atoms with E-state index in [2.05, 4.69) is 15.3 Å². The second-order valence-corrected chi connectivity index (χ2v) is 8.74. The van der Waals surface area contributed by atoms with Crippen LogP contribution in [0.1, 0.15) is 38.2 Å². The third kappa shape index (κ3) is 4.52. The van der Waals surface area contributed by atoms with E-state index in [0.717, 1.165) is 0 Å². The summed E-state index contributed by atoms with van der Waals surface area (Å²) in [6, 6.07) is 0.506. The summed E-state index contributed by atoms with van der Waals surface area (Å²) in [5, 5.41) is 12.2. The van der Waals surface area contributed by atoms with E-state index in [1.165, 1.54) is 23.0 Å². The Hall–Kier alpha value is -3.34. The summed E-state index contributed by atoms with van der Waals surface area (Å²) < 4.78 is 26.3.